The van der Waals surface area contributed by atoms with Crippen molar-refractivity contribution in [1.82, 2.24) is 4.57 Å². The predicted molar refractivity (Wildman–Crippen MR) is 73.7 cm³/mol. The van der Waals surface area contributed by atoms with E-state index < -0.39 is 5.97 Å². The van der Waals surface area contributed by atoms with E-state index in [0.717, 1.165) is 0 Å². The predicted octanol–water partition coefficient (Wildman–Crippen LogP) is 3.88. The number of carboxylic acids is 1. The summed E-state index contributed by atoms with van der Waals surface area (Å²) in [6, 6.07) is 5.55. The lowest BCUT2D eigenvalue weighted by atomic mass is 9.91. The van der Waals surface area contributed by atoms with Crippen LogP contribution in [0.2, 0.25) is 5.02 Å². The largest absolute Gasteiger partial charge is 0.477 e. The molecule has 2 aromatic heterocycles. The zero-order valence-electron chi connectivity index (χ0n) is 10.2. The zero-order chi connectivity index (χ0) is 13.3. The summed E-state index contributed by atoms with van der Waals surface area (Å²) < 4.78 is 1.70. The Labute approximate surface area is 115 Å². The molecule has 0 aliphatic heterocycles. The second kappa shape index (κ2) is 4.78. The molecule has 3 nitrogen and oxygen atoms in total. The van der Waals surface area contributed by atoms with Gasteiger partial charge in [0.2, 0.25) is 0 Å². The Morgan fingerprint density at radius 1 is 1.56 bits per heavy atom. The standard InChI is InChI=1S/C13H14ClNO2S/c1-13(2,11-4-3-5-18-11)8-15-7-9(14)6-10(15)12(16)17/h3-7H,8H2,1-2H3,(H,16,17). The Balaban J connectivity index is 2.32. The Morgan fingerprint density at radius 2 is 2.28 bits per heavy atom. The second-order valence-electron chi connectivity index (χ2n) is 4.84. The maximum Gasteiger partial charge on any atom is 0.352 e. The number of rotatable bonds is 4. The number of aromatic nitrogens is 1. The summed E-state index contributed by atoms with van der Waals surface area (Å²) in [5.74, 6) is -0.955. The molecule has 2 aromatic rings. The highest BCUT2D eigenvalue weighted by Gasteiger charge is 2.24. The third-order valence-electron chi connectivity index (χ3n) is 2.84. The van der Waals surface area contributed by atoms with Crippen molar-refractivity contribution in [2.24, 2.45) is 0 Å². The molecule has 0 amide bonds. The molecule has 0 fully saturated rings. The average molecular weight is 284 g/mol. The molecule has 0 saturated heterocycles. The minimum Gasteiger partial charge on any atom is -0.477 e. The lowest BCUT2D eigenvalue weighted by molar-refractivity contribution is 0.0684. The quantitative estimate of drug-likeness (QED) is 0.925. The highest BCUT2D eigenvalue weighted by molar-refractivity contribution is 7.10. The van der Waals surface area contributed by atoms with Crippen LogP contribution in [0.25, 0.3) is 0 Å². The van der Waals surface area contributed by atoms with E-state index in [1.165, 1.54) is 10.9 Å². The number of thiophene rings is 1. The Bertz CT molecular complexity index is 558. The SMILES string of the molecule is CC(C)(Cn1cc(Cl)cc1C(=O)O)c1cccs1. The molecule has 96 valence electrons. The van der Waals surface area contributed by atoms with Crippen molar-refractivity contribution in [2.75, 3.05) is 0 Å². The molecular weight excluding hydrogens is 270 g/mol. The first-order valence-corrected chi connectivity index (χ1v) is 6.79. The van der Waals surface area contributed by atoms with Crippen LogP contribution in [-0.4, -0.2) is 15.6 Å². The van der Waals surface area contributed by atoms with Gasteiger partial charge < -0.3 is 9.67 Å². The number of carbonyl (C=O) groups is 1. The van der Waals surface area contributed by atoms with Gasteiger partial charge in [-0.15, -0.1) is 11.3 Å². The van der Waals surface area contributed by atoms with Crippen molar-refractivity contribution < 1.29 is 9.90 Å². The third-order valence-corrected chi connectivity index (χ3v) is 4.28. The minimum atomic E-state index is -0.955. The van der Waals surface area contributed by atoms with Gasteiger partial charge in [-0.25, -0.2) is 4.79 Å². The molecule has 0 aliphatic carbocycles. The van der Waals surface area contributed by atoms with E-state index in [0.29, 0.717) is 11.6 Å². The Hall–Kier alpha value is -1.26. The van der Waals surface area contributed by atoms with Gasteiger partial charge in [0, 0.05) is 23.0 Å². The Kier molecular flexibility index (Phi) is 3.50. The monoisotopic (exact) mass is 283 g/mol. The normalized spacial score (nSPS) is 11.7. The molecule has 0 unspecified atom stereocenters. The van der Waals surface area contributed by atoms with Gasteiger partial charge in [-0.3, -0.25) is 0 Å². The summed E-state index contributed by atoms with van der Waals surface area (Å²) in [4.78, 5) is 12.4. The van der Waals surface area contributed by atoms with Crippen LogP contribution in [0.5, 0.6) is 0 Å². The molecule has 1 N–H and O–H groups in total. The number of aromatic carboxylic acids is 1. The topological polar surface area (TPSA) is 42.2 Å². The van der Waals surface area contributed by atoms with Crippen molar-refractivity contribution in [3.63, 3.8) is 0 Å². The molecule has 0 bridgehead atoms. The molecule has 0 aliphatic rings. The number of hydrogen-bond acceptors (Lipinski definition) is 2. The number of halogens is 1. The van der Waals surface area contributed by atoms with Gasteiger partial charge in [-0.1, -0.05) is 31.5 Å². The smallest absolute Gasteiger partial charge is 0.352 e. The summed E-state index contributed by atoms with van der Waals surface area (Å²) in [5, 5.41) is 11.6. The van der Waals surface area contributed by atoms with Crippen LogP contribution in [0.1, 0.15) is 29.2 Å². The lowest BCUT2D eigenvalue weighted by Gasteiger charge is -2.24. The molecule has 0 aromatic carbocycles. The highest BCUT2D eigenvalue weighted by Crippen LogP contribution is 2.30. The second-order valence-corrected chi connectivity index (χ2v) is 6.22. The zero-order valence-corrected chi connectivity index (χ0v) is 11.8. The number of hydrogen-bond donors (Lipinski definition) is 1. The summed E-state index contributed by atoms with van der Waals surface area (Å²) in [6.45, 7) is 4.78. The van der Waals surface area contributed by atoms with E-state index in [-0.39, 0.29) is 11.1 Å². The van der Waals surface area contributed by atoms with Crippen LogP contribution < -0.4 is 0 Å². The fourth-order valence-corrected chi connectivity index (χ4v) is 3.02. The number of nitrogens with zero attached hydrogens (tertiary/aromatic N) is 1. The van der Waals surface area contributed by atoms with Crippen molar-refractivity contribution in [1.29, 1.82) is 0 Å². The van der Waals surface area contributed by atoms with Gasteiger partial charge in [0.25, 0.3) is 0 Å². The molecule has 0 radical (unpaired) electrons. The average Bonchev–Trinajstić information content (AvgIpc) is 2.86. The first kappa shape index (κ1) is 13.2. The highest BCUT2D eigenvalue weighted by atomic mass is 35.5. The van der Waals surface area contributed by atoms with Crippen LogP contribution >= 0.6 is 22.9 Å². The lowest BCUT2D eigenvalue weighted by Crippen LogP contribution is -2.24. The van der Waals surface area contributed by atoms with Crippen LogP contribution in [0.15, 0.2) is 29.8 Å². The van der Waals surface area contributed by atoms with Crippen LogP contribution in [0, 0.1) is 0 Å². The molecular formula is C13H14ClNO2S. The number of carboxylic acid groups (broad SMARTS) is 1. The molecule has 2 heterocycles. The van der Waals surface area contributed by atoms with Gasteiger partial charge in [-0.05, 0) is 17.5 Å². The van der Waals surface area contributed by atoms with Gasteiger partial charge in [0.15, 0.2) is 0 Å². The van der Waals surface area contributed by atoms with Crippen molar-refractivity contribution in [3.05, 3.63) is 45.4 Å². The van der Waals surface area contributed by atoms with E-state index in [2.05, 4.69) is 19.9 Å². The summed E-state index contributed by atoms with van der Waals surface area (Å²) >= 11 is 7.56. The van der Waals surface area contributed by atoms with Crippen molar-refractivity contribution in [3.8, 4) is 0 Å². The summed E-state index contributed by atoms with van der Waals surface area (Å²) in [5.41, 5.74) is 0.102. The maximum absolute atomic E-state index is 11.1. The van der Waals surface area contributed by atoms with Crippen molar-refractivity contribution >= 4 is 28.9 Å². The first-order chi connectivity index (χ1) is 8.40. The fourth-order valence-electron chi connectivity index (χ4n) is 1.95. The Morgan fingerprint density at radius 3 is 2.83 bits per heavy atom. The molecule has 5 heteroatoms. The fraction of sp³-hybridized carbons (Fsp3) is 0.308. The van der Waals surface area contributed by atoms with E-state index in [1.807, 2.05) is 11.4 Å². The summed E-state index contributed by atoms with van der Waals surface area (Å²) in [6.07, 6.45) is 1.67. The van der Waals surface area contributed by atoms with Gasteiger partial charge >= 0.3 is 5.97 Å². The molecule has 2 rings (SSSR count). The maximum atomic E-state index is 11.1. The van der Waals surface area contributed by atoms with E-state index >= 15 is 0 Å². The van der Waals surface area contributed by atoms with Gasteiger partial charge in [0.05, 0.1) is 5.02 Å². The minimum absolute atomic E-state index is 0.124. The van der Waals surface area contributed by atoms with E-state index in [1.54, 1.807) is 22.1 Å². The van der Waals surface area contributed by atoms with E-state index in [4.69, 9.17) is 16.7 Å². The van der Waals surface area contributed by atoms with Crippen LogP contribution in [0.4, 0.5) is 0 Å². The summed E-state index contributed by atoms with van der Waals surface area (Å²) in [7, 11) is 0. The van der Waals surface area contributed by atoms with Crippen LogP contribution in [0.3, 0.4) is 0 Å². The first-order valence-electron chi connectivity index (χ1n) is 5.53. The van der Waals surface area contributed by atoms with Crippen LogP contribution in [-0.2, 0) is 12.0 Å². The van der Waals surface area contributed by atoms with Gasteiger partial charge in [0.1, 0.15) is 5.69 Å². The van der Waals surface area contributed by atoms with E-state index in [9.17, 15) is 4.79 Å². The molecule has 0 spiro atoms. The molecule has 18 heavy (non-hydrogen) atoms. The van der Waals surface area contributed by atoms with Crippen molar-refractivity contribution in [2.45, 2.75) is 25.8 Å². The molecule has 0 atom stereocenters. The van der Waals surface area contributed by atoms with Gasteiger partial charge in [-0.2, -0.15) is 0 Å². The molecule has 0 saturated carbocycles. The third kappa shape index (κ3) is 2.60.